The number of anilines is 1. The summed E-state index contributed by atoms with van der Waals surface area (Å²) in [5.41, 5.74) is 1.10. The van der Waals surface area contributed by atoms with Gasteiger partial charge in [-0.25, -0.2) is 4.39 Å². The lowest BCUT2D eigenvalue weighted by Gasteiger charge is -2.35. The summed E-state index contributed by atoms with van der Waals surface area (Å²) in [7, 11) is 0. The van der Waals surface area contributed by atoms with Gasteiger partial charge in [-0.1, -0.05) is 0 Å². The highest BCUT2D eigenvalue weighted by Crippen LogP contribution is 2.16. The molecule has 134 valence electrons. The van der Waals surface area contributed by atoms with Crippen LogP contribution in [0, 0.1) is 5.82 Å². The first-order valence-corrected chi connectivity index (χ1v) is 8.86. The van der Waals surface area contributed by atoms with Gasteiger partial charge >= 0.3 is 0 Å². The second kappa shape index (κ2) is 9.47. The van der Waals surface area contributed by atoms with E-state index < -0.39 is 0 Å². The van der Waals surface area contributed by atoms with Crippen molar-refractivity contribution >= 4 is 11.6 Å². The van der Waals surface area contributed by atoms with Crippen LogP contribution in [0.3, 0.4) is 0 Å². The van der Waals surface area contributed by atoms with Crippen LogP contribution in [0.25, 0.3) is 0 Å². The van der Waals surface area contributed by atoms with Gasteiger partial charge in [0.25, 0.3) is 0 Å². The van der Waals surface area contributed by atoms with Crippen molar-refractivity contribution in [3.8, 4) is 0 Å². The predicted molar refractivity (Wildman–Crippen MR) is 99.3 cm³/mol. The smallest absolute Gasteiger partial charge is 0.191 e. The van der Waals surface area contributed by atoms with E-state index in [1.165, 1.54) is 12.1 Å². The molecule has 0 spiro atoms. The molecule has 1 fully saturated rings. The second-order valence-corrected chi connectivity index (χ2v) is 6.36. The first-order valence-electron chi connectivity index (χ1n) is 8.86. The van der Waals surface area contributed by atoms with Crippen molar-refractivity contribution in [2.75, 3.05) is 50.7 Å². The van der Waals surface area contributed by atoms with E-state index in [-0.39, 0.29) is 5.82 Å². The van der Waals surface area contributed by atoms with E-state index in [0.717, 1.165) is 57.5 Å². The molecule has 0 bridgehead atoms. The molecule has 0 atom stereocenters. The largest absolute Gasteiger partial charge is 0.369 e. The zero-order chi connectivity index (χ0) is 17.4. The molecular weight excluding hydrogens is 305 g/mol. The Morgan fingerprint density at radius 3 is 2.42 bits per heavy atom. The molecule has 2 N–H and O–H groups in total. The maximum atomic E-state index is 13.0. The fraction of sp³-hybridized carbons (Fsp3) is 0.611. The van der Waals surface area contributed by atoms with E-state index in [4.69, 9.17) is 0 Å². The van der Waals surface area contributed by atoms with Gasteiger partial charge in [-0.3, -0.25) is 9.89 Å². The first-order chi connectivity index (χ1) is 11.6. The SMILES string of the molecule is CCNC(=NCCN1CCN(c2ccc(F)cc2)CC1)NC(C)C. The summed E-state index contributed by atoms with van der Waals surface area (Å²) in [5, 5.41) is 6.60. The van der Waals surface area contributed by atoms with Crippen LogP contribution in [0.5, 0.6) is 0 Å². The van der Waals surface area contributed by atoms with E-state index in [9.17, 15) is 4.39 Å². The number of benzene rings is 1. The Balaban J connectivity index is 1.75. The standard InChI is InChI=1S/C18H30FN5/c1-4-20-18(22-15(2)3)21-9-10-23-11-13-24(14-12-23)17-7-5-16(19)6-8-17/h5-8,15H,4,9-14H2,1-3H3,(H2,20,21,22). The Bertz CT molecular complexity index is 507. The molecular formula is C18H30FN5. The minimum atomic E-state index is -0.179. The Morgan fingerprint density at radius 2 is 1.83 bits per heavy atom. The average molecular weight is 335 g/mol. The van der Waals surface area contributed by atoms with Crippen LogP contribution in [-0.2, 0) is 0 Å². The number of hydrogen-bond acceptors (Lipinski definition) is 3. The van der Waals surface area contributed by atoms with Crippen molar-refractivity contribution in [1.82, 2.24) is 15.5 Å². The molecule has 1 aromatic carbocycles. The number of hydrogen-bond donors (Lipinski definition) is 2. The Kier molecular flexibility index (Phi) is 7.31. The molecule has 1 aliphatic rings. The number of nitrogens with one attached hydrogen (secondary N) is 2. The van der Waals surface area contributed by atoms with E-state index in [1.807, 2.05) is 12.1 Å². The summed E-state index contributed by atoms with van der Waals surface area (Å²) >= 11 is 0. The van der Waals surface area contributed by atoms with Crippen molar-refractivity contribution < 1.29 is 4.39 Å². The van der Waals surface area contributed by atoms with Gasteiger partial charge in [0, 0.05) is 51.0 Å². The molecule has 24 heavy (non-hydrogen) atoms. The third kappa shape index (κ3) is 6.00. The normalized spacial score (nSPS) is 16.5. The van der Waals surface area contributed by atoms with Crippen molar-refractivity contribution in [2.45, 2.75) is 26.8 Å². The summed E-state index contributed by atoms with van der Waals surface area (Å²) < 4.78 is 13.0. The molecule has 2 rings (SSSR count). The first kappa shape index (κ1) is 18.5. The highest BCUT2D eigenvalue weighted by molar-refractivity contribution is 5.79. The second-order valence-electron chi connectivity index (χ2n) is 6.36. The zero-order valence-corrected chi connectivity index (χ0v) is 15.1. The number of aliphatic imine (C=N–C) groups is 1. The van der Waals surface area contributed by atoms with Crippen LogP contribution >= 0.6 is 0 Å². The molecule has 1 aliphatic heterocycles. The fourth-order valence-corrected chi connectivity index (χ4v) is 2.78. The highest BCUT2D eigenvalue weighted by Gasteiger charge is 2.16. The van der Waals surface area contributed by atoms with Gasteiger partial charge in [-0.05, 0) is 45.0 Å². The lowest BCUT2D eigenvalue weighted by Crippen LogP contribution is -2.47. The van der Waals surface area contributed by atoms with Crippen LogP contribution < -0.4 is 15.5 Å². The fourth-order valence-electron chi connectivity index (χ4n) is 2.78. The number of guanidine groups is 1. The van der Waals surface area contributed by atoms with Crippen molar-refractivity contribution in [1.29, 1.82) is 0 Å². The number of piperazine rings is 1. The maximum absolute atomic E-state index is 13.0. The van der Waals surface area contributed by atoms with E-state index in [0.29, 0.717) is 6.04 Å². The number of rotatable bonds is 6. The topological polar surface area (TPSA) is 42.9 Å². The summed E-state index contributed by atoms with van der Waals surface area (Å²) in [6.07, 6.45) is 0. The lowest BCUT2D eigenvalue weighted by molar-refractivity contribution is 0.265. The molecule has 0 radical (unpaired) electrons. The van der Waals surface area contributed by atoms with Gasteiger partial charge in [0.15, 0.2) is 5.96 Å². The quantitative estimate of drug-likeness (QED) is 0.616. The zero-order valence-electron chi connectivity index (χ0n) is 15.1. The molecule has 5 nitrogen and oxygen atoms in total. The Labute approximate surface area is 144 Å². The molecule has 1 heterocycles. The van der Waals surface area contributed by atoms with Crippen LogP contribution in [-0.4, -0.2) is 62.7 Å². The Morgan fingerprint density at radius 1 is 1.17 bits per heavy atom. The van der Waals surface area contributed by atoms with Gasteiger partial charge in [-0.15, -0.1) is 0 Å². The summed E-state index contributed by atoms with van der Waals surface area (Å²) in [5.74, 6) is 0.708. The highest BCUT2D eigenvalue weighted by atomic mass is 19.1. The minimum Gasteiger partial charge on any atom is -0.369 e. The molecule has 0 saturated carbocycles. The average Bonchev–Trinajstić information content (AvgIpc) is 2.56. The number of halogens is 1. The third-order valence-electron chi connectivity index (χ3n) is 4.02. The van der Waals surface area contributed by atoms with Crippen molar-refractivity contribution in [2.24, 2.45) is 4.99 Å². The van der Waals surface area contributed by atoms with Crippen LogP contribution in [0.1, 0.15) is 20.8 Å². The Hall–Kier alpha value is -1.82. The predicted octanol–water partition coefficient (Wildman–Crippen LogP) is 1.91. The number of nitrogens with zero attached hydrogens (tertiary/aromatic N) is 3. The van der Waals surface area contributed by atoms with Crippen LogP contribution in [0.15, 0.2) is 29.3 Å². The molecule has 1 saturated heterocycles. The summed E-state index contributed by atoms with van der Waals surface area (Å²) in [6.45, 7) is 12.9. The van der Waals surface area contributed by atoms with Gasteiger partial charge < -0.3 is 15.5 Å². The van der Waals surface area contributed by atoms with Crippen molar-refractivity contribution in [3.63, 3.8) is 0 Å². The molecule has 0 unspecified atom stereocenters. The molecule has 1 aromatic rings. The van der Waals surface area contributed by atoms with Gasteiger partial charge in [0.05, 0.1) is 6.54 Å². The summed E-state index contributed by atoms with van der Waals surface area (Å²) in [6, 6.07) is 7.15. The van der Waals surface area contributed by atoms with Crippen LogP contribution in [0.4, 0.5) is 10.1 Å². The van der Waals surface area contributed by atoms with E-state index in [1.54, 1.807) is 0 Å². The van der Waals surface area contributed by atoms with E-state index >= 15 is 0 Å². The molecule has 0 aliphatic carbocycles. The van der Waals surface area contributed by atoms with Crippen molar-refractivity contribution in [3.05, 3.63) is 30.1 Å². The van der Waals surface area contributed by atoms with E-state index in [2.05, 4.69) is 46.2 Å². The molecule has 0 aromatic heterocycles. The monoisotopic (exact) mass is 335 g/mol. The van der Waals surface area contributed by atoms with Gasteiger partial charge in [0.1, 0.15) is 5.82 Å². The maximum Gasteiger partial charge on any atom is 0.191 e. The lowest BCUT2D eigenvalue weighted by atomic mass is 10.2. The van der Waals surface area contributed by atoms with Crippen LogP contribution in [0.2, 0.25) is 0 Å². The summed E-state index contributed by atoms with van der Waals surface area (Å²) in [4.78, 5) is 9.37. The van der Waals surface area contributed by atoms with Gasteiger partial charge in [0.2, 0.25) is 0 Å². The van der Waals surface area contributed by atoms with Gasteiger partial charge in [-0.2, -0.15) is 0 Å². The third-order valence-corrected chi connectivity index (χ3v) is 4.02. The molecule has 0 amide bonds. The molecule has 6 heteroatoms. The minimum absolute atomic E-state index is 0.179.